The number of carbonyl (C=O) groups is 1. The van der Waals surface area contributed by atoms with E-state index in [0.717, 1.165) is 5.69 Å². The van der Waals surface area contributed by atoms with Crippen molar-refractivity contribution in [2.45, 2.75) is 18.4 Å². The van der Waals surface area contributed by atoms with E-state index in [1.165, 1.54) is 11.1 Å². The third-order valence-corrected chi connectivity index (χ3v) is 4.01. The molecule has 3 rings (SSSR count). The zero-order valence-electron chi connectivity index (χ0n) is 11.5. The normalized spacial score (nSPS) is 22.3. The van der Waals surface area contributed by atoms with Gasteiger partial charge in [-0.05, 0) is 23.6 Å². The molecule has 0 saturated heterocycles. The Morgan fingerprint density at radius 2 is 1.70 bits per heavy atom. The molecule has 2 aromatic rings. The van der Waals surface area contributed by atoms with Crippen LogP contribution in [0.2, 0.25) is 0 Å². The number of hydrogen-bond donors (Lipinski definition) is 1. The smallest absolute Gasteiger partial charge is 0.243 e. The molecule has 2 atom stereocenters. The van der Waals surface area contributed by atoms with Crippen LogP contribution >= 0.6 is 0 Å². The van der Waals surface area contributed by atoms with Crippen LogP contribution in [0.5, 0.6) is 0 Å². The molecular weight excluding hydrogens is 248 g/mol. The van der Waals surface area contributed by atoms with Gasteiger partial charge in [0.15, 0.2) is 0 Å². The summed E-state index contributed by atoms with van der Waals surface area (Å²) in [5.41, 5.74) is 9.42. The van der Waals surface area contributed by atoms with Crippen molar-refractivity contribution in [3.8, 4) is 0 Å². The van der Waals surface area contributed by atoms with E-state index in [1.54, 1.807) is 11.9 Å². The number of likely N-dealkylation sites (N-methyl/N-ethyl adjacent to an activating group) is 1. The predicted molar refractivity (Wildman–Crippen MR) is 80.7 cm³/mol. The minimum Gasteiger partial charge on any atom is -0.320 e. The zero-order chi connectivity index (χ0) is 14.1. The van der Waals surface area contributed by atoms with Gasteiger partial charge in [-0.3, -0.25) is 4.79 Å². The number of carbonyl (C=O) groups excluding carboxylic acids is 1. The lowest BCUT2D eigenvalue weighted by Gasteiger charge is -2.20. The van der Waals surface area contributed by atoms with Crippen molar-refractivity contribution in [3.63, 3.8) is 0 Å². The molecule has 0 aliphatic carbocycles. The van der Waals surface area contributed by atoms with Gasteiger partial charge in [-0.1, -0.05) is 48.5 Å². The molecule has 3 heteroatoms. The van der Waals surface area contributed by atoms with Crippen LogP contribution in [0.25, 0.3) is 0 Å². The van der Waals surface area contributed by atoms with E-state index >= 15 is 0 Å². The summed E-state index contributed by atoms with van der Waals surface area (Å²) in [6, 6.07) is 17.9. The molecule has 1 aliphatic rings. The number of anilines is 1. The Kier molecular flexibility index (Phi) is 3.28. The first-order chi connectivity index (χ1) is 9.68. The van der Waals surface area contributed by atoms with Gasteiger partial charge in [0.25, 0.3) is 0 Å². The van der Waals surface area contributed by atoms with Crippen molar-refractivity contribution >= 4 is 11.6 Å². The summed E-state index contributed by atoms with van der Waals surface area (Å²) in [5.74, 6) is 0.146. The average molecular weight is 266 g/mol. The van der Waals surface area contributed by atoms with Gasteiger partial charge >= 0.3 is 0 Å². The van der Waals surface area contributed by atoms with Gasteiger partial charge in [-0.2, -0.15) is 0 Å². The van der Waals surface area contributed by atoms with E-state index in [4.69, 9.17) is 5.73 Å². The zero-order valence-corrected chi connectivity index (χ0v) is 11.5. The van der Waals surface area contributed by atoms with E-state index in [0.29, 0.717) is 6.42 Å². The Morgan fingerprint density at radius 1 is 1.05 bits per heavy atom. The van der Waals surface area contributed by atoms with Gasteiger partial charge in [0.05, 0.1) is 6.04 Å². The van der Waals surface area contributed by atoms with E-state index in [-0.39, 0.29) is 11.8 Å². The van der Waals surface area contributed by atoms with E-state index in [1.807, 2.05) is 36.4 Å². The minimum atomic E-state index is -0.461. The Hall–Kier alpha value is -2.13. The number of rotatable bonds is 1. The molecule has 0 radical (unpaired) electrons. The molecule has 1 heterocycles. The first-order valence-corrected chi connectivity index (χ1v) is 6.85. The quantitative estimate of drug-likeness (QED) is 0.862. The molecule has 0 unspecified atom stereocenters. The second-order valence-electron chi connectivity index (χ2n) is 5.26. The summed E-state index contributed by atoms with van der Waals surface area (Å²) in [6.45, 7) is 0. The molecule has 0 aromatic heterocycles. The lowest BCUT2D eigenvalue weighted by Crippen LogP contribution is -2.40. The van der Waals surface area contributed by atoms with Crippen LogP contribution < -0.4 is 10.6 Å². The van der Waals surface area contributed by atoms with Crippen LogP contribution in [0.15, 0.2) is 54.6 Å². The fraction of sp³-hybridized carbons (Fsp3) is 0.235. The Bertz CT molecular complexity index is 624. The van der Waals surface area contributed by atoms with Gasteiger partial charge in [0.2, 0.25) is 5.91 Å². The largest absolute Gasteiger partial charge is 0.320 e. The highest BCUT2D eigenvalue weighted by Crippen LogP contribution is 2.37. The van der Waals surface area contributed by atoms with Crippen LogP contribution in [-0.2, 0) is 4.79 Å². The van der Waals surface area contributed by atoms with Crippen molar-refractivity contribution in [2.24, 2.45) is 5.73 Å². The molecule has 2 N–H and O–H groups in total. The van der Waals surface area contributed by atoms with Crippen LogP contribution in [0.4, 0.5) is 5.69 Å². The number of fused-ring (bicyclic) bond motifs is 1. The summed E-state index contributed by atoms with van der Waals surface area (Å²) in [7, 11) is 1.80. The van der Waals surface area contributed by atoms with Crippen LogP contribution in [0.3, 0.4) is 0 Å². The highest BCUT2D eigenvalue weighted by molar-refractivity contribution is 5.98. The maximum Gasteiger partial charge on any atom is 0.243 e. The van der Waals surface area contributed by atoms with E-state index < -0.39 is 6.04 Å². The molecular formula is C17H18N2O. The summed E-state index contributed by atoms with van der Waals surface area (Å²) in [4.78, 5) is 14.0. The minimum absolute atomic E-state index is 0.0177. The average Bonchev–Trinajstić information content (AvgIpc) is 2.60. The lowest BCUT2D eigenvalue weighted by molar-refractivity contribution is -0.119. The number of nitrogens with zero attached hydrogens (tertiary/aromatic N) is 1. The number of para-hydroxylation sites is 1. The van der Waals surface area contributed by atoms with Crippen molar-refractivity contribution in [3.05, 3.63) is 65.7 Å². The topological polar surface area (TPSA) is 46.3 Å². The Balaban J connectivity index is 2.15. The summed E-state index contributed by atoms with van der Waals surface area (Å²) < 4.78 is 0. The number of amides is 1. The molecule has 1 aliphatic heterocycles. The molecule has 2 aromatic carbocycles. The first kappa shape index (κ1) is 12.9. The molecule has 102 valence electrons. The highest BCUT2D eigenvalue weighted by Gasteiger charge is 2.31. The molecule has 0 spiro atoms. The van der Waals surface area contributed by atoms with Crippen molar-refractivity contribution in [1.82, 2.24) is 0 Å². The molecule has 0 saturated carbocycles. The fourth-order valence-corrected chi connectivity index (χ4v) is 2.94. The maximum absolute atomic E-state index is 12.3. The number of hydrogen-bond acceptors (Lipinski definition) is 2. The summed E-state index contributed by atoms with van der Waals surface area (Å²) in [6.07, 6.45) is 0.643. The van der Waals surface area contributed by atoms with Crippen LogP contribution in [0.1, 0.15) is 23.5 Å². The van der Waals surface area contributed by atoms with Crippen molar-refractivity contribution in [1.29, 1.82) is 0 Å². The van der Waals surface area contributed by atoms with Crippen LogP contribution in [-0.4, -0.2) is 19.0 Å². The summed E-state index contributed by atoms with van der Waals surface area (Å²) >= 11 is 0. The fourth-order valence-electron chi connectivity index (χ4n) is 2.94. The maximum atomic E-state index is 12.3. The third-order valence-electron chi connectivity index (χ3n) is 4.01. The van der Waals surface area contributed by atoms with E-state index in [9.17, 15) is 4.79 Å². The molecule has 3 nitrogen and oxygen atoms in total. The van der Waals surface area contributed by atoms with Gasteiger partial charge in [0.1, 0.15) is 0 Å². The van der Waals surface area contributed by atoms with E-state index in [2.05, 4.69) is 18.2 Å². The predicted octanol–water partition coefficient (Wildman–Crippen LogP) is 2.51. The van der Waals surface area contributed by atoms with Gasteiger partial charge in [-0.25, -0.2) is 0 Å². The standard InChI is InChI=1S/C17H18N2O/c1-19-16-10-6-5-9-13(16)14(11-15(18)17(19)20)12-7-3-2-4-8-12/h2-10,14-15H,11,18H2,1H3/t14-,15+/m1/s1. The number of nitrogens with two attached hydrogens (primary N) is 1. The second kappa shape index (κ2) is 5.10. The number of benzene rings is 2. The Morgan fingerprint density at radius 3 is 2.45 bits per heavy atom. The SMILES string of the molecule is CN1C(=O)[C@@H](N)C[C@H](c2ccccc2)c2ccccc21. The highest BCUT2D eigenvalue weighted by atomic mass is 16.2. The summed E-state index contributed by atoms with van der Waals surface area (Å²) in [5, 5.41) is 0. The molecule has 1 amide bonds. The molecule has 0 bridgehead atoms. The monoisotopic (exact) mass is 266 g/mol. The molecule has 0 fully saturated rings. The third kappa shape index (κ3) is 2.10. The van der Waals surface area contributed by atoms with Crippen molar-refractivity contribution in [2.75, 3.05) is 11.9 Å². The molecule has 20 heavy (non-hydrogen) atoms. The second-order valence-corrected chi connectivity index (χ2v) is 5.26. The first-order valence-electron chi connectivity index (χ1n) is 6.85. The van der Waals surface area contributed by atoms with Gasteiger partial charge in [-0.15, -0.1) is 0 Å². The van der Waals surface area contributed by atoms with Crippen LogP contribution in [0, 0.1) is 0 Å². The van der Waals surface area contributed by atoms with Gasteiger partial charge in [0, 0.05) is 18.7 Å². The van der Waals surface area contributed by atoms with Gasteiger partial charge < -0.3 is 10.6 Å². The Labute approximate surface area is 119 Å². The van der Waals surface area contributed by atoms with Crippen molar-refractivity contribution < 1.29 is 4.79 Å². The lowest BCUT2D eigenvalue weighted by atomic mass is 9.86.